The van der Waals surface area contributed by atoms with Crippen molar-refractivity contribution in [3.63, 3.8) is 0 Å². The Morgan fingerprint density at radius 1 is 0.956 bits per heavy atom. The summed E-state index contributed by atoms with van der Waals surface area (Å²) in [6, 6.07) is 31.1. The molecule has 3 atom stereocenters. The lowest BCUT2D eigenvalue weighted by Crippen LogP contribution is -2.49. The Hall–Kier alpha value is -4.86. The first-order valence-electron chi connectivity index (χ1n) is 15.2. The van der Waals surface area contributed by atoms with Crippen LogP contribution in [0.1, 0.15) is 29.8 Å². The lowest BCUT2D eigenvalue weighted by molar-refractivity contribution is 0.0343. The van der Waals surface area contributed by atoms with Gasteiger partial charge in [0.25, 0.3) is 5.91 Å². The standard InChI is InChI=1S/C36H40N4O5/c1-25-21-40(26(2)24-41)35(42)31-15-10-16-32(38-36(43)37-28-11-6-4-7-12-28)34(31)45-33(25)23-39(3)22-27-17-19-30(20-18-27)44-29-13-8-5-9-14-29/h4-20,25-26,33,41H,21-24H2,1-3H3,(H2,37,38,43)/t25-,26-,33-/m1/s1. The first kappa shape index (κ1) is 31.6. The van der Waals surface area contributed by atoms with Gasteiger partial charge in [0.2, 0.25) is 0 Å². The maximum Gasteiger partial charge on any atom is 0.323 e. The molecular weight excluding hydrogens is 568 g/mol. The van der Waals surface area contributed by atoms with Gasteiger partial charge in [-0.15, -0.1) is 0 Å². The number of amides is 3. The summed E-state index contributed by atoms with van der Waals surface area (Å²) in [7, 11) is 2.03. The van der Waals surface area contributed by atoms with E-state index >= 15 is 0 Å². The maximum atomic E-state index is 13.8. The van der Waals surface area contributed by atoms with Gasteiger partial charge in [-0.25, -0.2) is 4.79 Å². The number of para-hydroxylation sites is 3. The van der Waals surface area contributed by atoms with E-state index in [1.54, 1.807) is 35.2 Å². The third-order valence-electron chi connectivity index (χ3n) is 7.82. The van der Waals surface area contributed by atoms with Gasteiger partial charge in [-0.05, 0) is 68.1 Å². The molecule has 3 amide bonds. The van der Waals surface area contributed by atoms with Crippen molar-refractivity contribution < 1.29 is 24.2 Å². The molecule has 4 aromatic carbocycles. The summed E-state index contributed by atoms with van der Waals surface area (Å²) in [5.41, 5.74) is 2.48. The highest BCUT2D eigenvalue weighted by molar-refractivity contribution is 6.04. The van der Waals surface area contributed by atoms with Crippen LogP contribution in [0.15, 0.2) is 103 Å². The van der Waals surface area contributed by atoms with Crippen molar-refractivity contribution in [1.29, 1.82) is 0 Å². The highest BCUT2D eigenvalue weighted by Crippen LogP contribution is 2.35. The molecule has 0 saturated heterocycles. The molecule has 1 aliphatic heterocycles. The van der Waals surface area contributed by atoms with Crippen LogP contribution in [0.5, 0.6) is 17.2 Å². The van der Waals surface area contributed by atoms with Crippen molar-refractivity contribution in [3.05, 3.63) is 114 Å². The van der Waals surface area contributed by atoms with E-state index in [2.05, 4.69) is 15.5 Å². The van der Waals surface area contributed by atoms with E-state index in [0.29, 0.717) is 42.3 Å². The van der Waals surface area contributed by atoms with Crippen molar-refractivity contribution in [2.75, 3.05) is 37.4 Å². The lowest BCUT2D eigenvalue weighted by Gasteiger charge is -2.38. The molecule has 9 nitrogen and oxygen atoms in total. The average Bonchev–Trinajstić information content (AvgIpc) is 3.04. The fourth-order valence-electron chi connectivity index (χ4n) is 5.34. The minimum Gasteiger partial charge on any atom is -0.486 e. The molecule has 0 bridgehead atoms. The zero-order chi connectivity index (χ0) is 31.8. The number of hydrogen-bond acceptors (Lipinski definition) is 6. The molecule has 0 aliphatic carbocycles. The SMILES string of the molecule is C[C@@H]1CN([C@H](C)CO)C(=O)c2cccc(NC(=O)Nc3ccccc3)c2O[C@@H]1CN(C)Cc1ccc(Oc2ccccc2)cc1. The number of hydrogen-bond donors (Lipinski definition) is 3. The molecule has 0 fully saturated rings. The minimum atomic E-state index is -0.449. The topological polar surface area (TPSA) is 103 Å². The Kier molecular flexibility index (Phi) is 10.3. The number of aliphatic hydroxyl groups is 1. The van der Waals surface area contributed by atoms with E-state index in [0.717, 1.165) is 17.1 Å². The largest absolute Gasteiger partial charge is 0.486 e. The van der Waals surface area contributed by atoms with Crippen LogP contribution in [0.3, 0.4) is 0 Å². The third kappa shape index (κ3) is 8.20. The van der Waals surface area contributed by atoms with Crippen molar-refractivity contribution in [3.8, 4) is 17.2 Å². The van der Waals surface area contributed by atoms with E-state index < -0.39 is 6.03 Å². The quantitative estimate of drug-likeness (QED) is 0.191. The van der Waals surface area contributed by atoms with Crippen LogP contribution in [-0.4, -0.2) is 65.7 Å². The molecule has 0 unspecified atom stereocenters. The van der Waals surface area contributed by atoms with Crippen LogP contribution in [0, 0.1) is 5.92 Å². The first-order chi connectivity index (χ1) is 21.8. The Morgan fingerprint density at radius 3 is 2.31 bits per heavy atom. The molecule has 1 heterocycles. The molecule has 0 radical (unpaired) electrons. The molecule has 0 aromatic heterocycles. The van der Waals surface area contributed by atoms with E-state index in [1.165, 1.54) is 0 Å². The van der Waals surface area contributed by atoms with Crippen molar-refractivity contribution in [2.24, 2.45) is 5.92 Å². The van der Waals surface area contributed by atoms with Crippen molar-refractivity contribution in [1.82, 2.24) is 9.80 Å². The number of carbonyl (C=O) groups is 2. The van der Waals surface area contributed by atoms with Gasteiger partial charge >= 0.3 is 6.03 Å². The molecule has 45 heavy (non-hydrogen) atoms. The smallest absolute Gasteiger partial charge is 0.323 e. The van der Waals surface area contributed by atoms with Crippen molar-refractivity contribution in [2.45, 2.75) is 32.5 Å². The van der Waals surface area contributed by atoms with Crippen LogP contribution in [0.4, 0.5) is 16.2 Å². The Morgan fingerprint density at radius 2 is 1.62 bits per heavy atom. The van der Waals surface area contributed by atoms with Crippen molar-refractivity contribution >= 4 is 23.3 Å². The number of benzene rings is 4. The predicted octanol–water partition coefficient (Wildman–Crippen LogP) is 6.48. The van der Waals surface area contributed by atoms with Crippen LogP contribution in [0.2, 0.25) is 0 Å². The fraction of sp³-hybridized carbons (Fsp3) is 0.278. The van der Waals surface area contributed by atoms with E-state index in [9.17, 15) is 14.7 Å². The van der Waals surface area contributed by atoms with E-state index in [-0.39, 0.29) is 30.6 Å². The summed E-state index contributed by atoms with van der Waals surface area (Å²) in [5.74, 6) is 1.53. The maximum absolute atomic E-state index is 13.8. The summed E-state index contributed by atoms with van der Waals surface area (Å²) in [4.78, 5) is 30.6. The second kappa shape index (κ2) is 14.7. The number of fused-ring (bicyclic) bond motifs is 1. The van der Waals surface area contributed by atoms with E-state index in [4.69, 9.17) is 9.47 Å². The second-order valence-electron chi connectivity index (χ2n) is 11.5. The summed E-state index contributed by atoms with van der Waals surface area (Å²) in [6.45, 7) is 5.34. The number of aliphatic hydroxyl groups excluding tert-OH is 1. The highest BCUT2D eigenvalue weighted by Gasteiger charge is 2.34. The first-order valence-corrected chi connectivity index (χ1v) is 15.2. The van der Waals surface area contributed by atoms with Crippen LogP contribution >= 0.6 is 0 Å². The molecule has 234 valence electrons. The van der Waals surface area contributed by atoms with Gasteiger partial charge in [-0.1, -0.05) is 61.5 Å². The predicted molar refractivity (Wildman–Crippen MR) is 176 cm³/mol. The number of urea groups is 1. The number of carbonyl (C=O) groups excluding carboxylic acids is 2. The molecule has 9 heteroatoms. The number of nitrogens with zero attached hydrogens (tertiary/aromatic N) is 2. The molecular formula is C36H40N4O5. The average molecular weight is 609 g/mol. The van der Waals surface area contributed by atoms with Gasteiger partial charge in [0.1, 0.15) is 17.6 Å². The number of anilines is 2. The highest BCUT2D eigenvalue weighted by atomic mass is 16.5. The van der Waals surface area contributed by atoms with Crippen LogP contribution in [0.25, 0.3) is 0 Å². The Labute approximate surface area is 264 Å². The molecule has 3 N–H and O–H groups in total. The van der Waals surface area contributed by atoms with Crippen LogP contribution in [-0.2, 0) is 6.54 Å². The monoisotopic (exact) mass is 608 g/mol. The fourth-order valence-corrected chi connectivity index (χ4v) is 5.34. The number of nitrogens with one attached hydrogen (secondary N) is 2. The second-order valence-corrected chi connectivity index (χ2v) is 11.5. The normalized spacial score (nSPS) is 17.0. The van der Waals surface area contributed by atoms with Gasteiger partial charge in [-0.2, -0.15) is 0 Å². The van der Waals surface area contributed by atoms with E-state index in [1.807, 2.05) is 93.7 Å². The Bertz CT molecular complexity index is 1570. The molecule has 5 rings (SSSR count). The van der Waals surface area contributed by atoms with Gasteiger partial charge in [0.15, 0.2) is 5.75 Å². The number of likely N-dealkylation sites (N-methyl/N-ethyl adjacent to an activating group) is 1. The Balaban J connectivity index is 1.34. The molecule has 0 spiro atoms. The van der Waals surface area contributed by atoms with Gasteiger partial charge in [0, 0.05) is 31.2 Å². The zero-order valence-electron chi connectivity index (χ0n) is 25.9. The van der Waals surface area contributed by atoms with Gasteiger partial charge < -0.3 is 30.1 Å². The zero-order valence-corrected chi connectivity index (χ0v) is 25.9. The summed E-state index contributed by atoms with van der Waals surface area (Å²) >= 11 is 0. The minimum absolute atomic E-state index is 0.0774. The number of ether oxygens (including phenoxy) is 2. The van der Waals surface area contributed by atoms with Gasteiger partial charge in [0.05, 0.1) is 23.9 Å². The molecule has 4 aromatic rings. The summed E-state index contributed by atoms with van der Waals surface area (Å²) in [5, 5.41) is 15.7. The van der Waals surface area contributed by atoms with Crippen LogP contribution < -0.4 is 20.1 Å². The summed E-state index contributed by atoms with van der Waals surface area (Å²) in [6.07, 6.45) is -0.323. The van der Waals surface area contributed by atoms with Gasteiger partial charge in [-0.3, -0.25) is 9.69 Å². The number of rotatable bonds is 10. The lowest BCUT2D eigenvalue weighted by atomic mass is 9.99. The summed E-state index contributed by atoms with van der Waals surface area (Å²) < 4.78 is 12.6. The third-order valence-corrected chi connectivity index (χ3v) is 7.82. The molecule has 0 saturated carbocycles. The molecule has 1 aliphatic rings.